The molecule has 0 radical (unpaired) electrons. The van der Waals surface area contributed by atoms with Gasteiger partial charge < -0.3 is 4.57 Å². The third-order valence-electron chi connectivity index (χ3n) is 3.47. The number of aromatic nitrogens is 1. The first-order valence-electron chi connectivity index (χ1n) is 5.79. The number of hydrogen-bond acceptors (Lipinski definition) is 0. The molecule has 1 aliphatic carbocycles. The molecule has 1 aromatic carbocycles. The highest BCUT2D eigenvalue weighted by Gasteiger charge is 2.25. The van der Waals surface area contributed by atoms with Crippen LogP contribution in [0.5, 0.6) is 0 Å². The molecule has 3 rings (SSSR count). The summed E-state index contributed by atoms with van der Waals surface area (Å²) in [6.07, 6.45) is 7.65. The third kappa shape index (κ3) is 1.13. The van der Waals surface area contributed by atoms with E-state index in [9.17, 15) is 0 Å². The average Bonchev–Trinajstić information content (AvgIpc) is 2.78. The fraction of sp³-hybridized carbons (Fsp3) is 0.333. The Morgan fingerprint density at radius 1 is 1.31 bits per heavy atom. The molecule has 0 amide bonds. The van der Waals surface area contributed by atoms with Crippen molar-refractivity contribution in [2.75, 3.05) is 0 Å². The standard InChI is InChI=1S/C15H15N/c1-4-16-8-6-12-9-11-5-7-15(2,3)13(11)10-14(12)16/h5,7,9-10H,4H2,1-3H3. The molecule has 0 atom stereocenters. The number of fused-ring (bicyclic) bond motifs is 2. The molecule has 2 aromatic rings. The lowest BCUT2D eigenvalue weighted by molar-refractivity contribution is 0.683. The minimum atomic E-state index is 0.159. The van der Waals surface area contributed by atoms with Crippen LogP contribution in [-0.4, -0.2) is 4.57 Å². The number of allylic oxidation sites excluding steroid dienone is 1. The lowest BCUT2D eigenvalue weighted by Gasteiger charge is -2.18. The van der Waals surface area contributed by atoms with Crippen LogP contribution >= 0.6 is 0 Å². The van der Waals surface area contributed by atoms with Crippen LogP contribution in [0.4, 0.5) is 0 Å². The monoisotopic (exact) mass is 209 g/mol. The topological polar surface area (TPSA) is 4.93 Å². The molecule has 0 aliphatic heterocycles. The smallest absolute Gasteiger partial charge is 0.0649 e. The van der Waals surface area contributed by atoms with Crippen LogP contribution in [-0.2, 0) is 12.0 Å². The predicted octanol–water partition coefficient (Wildman–Crippen LogP) is 3.57. The van der Waals surface area contributed by atoms with Crippen molar-refractivity contribution in [3.8, 4) is 0 Å². The summed E-state index contributed by atoms with van der Waals surface area (Å²) in [6, 6.07) is 7.71. The number of hydrogen-bond donors (Lipinski definition) is 0. The average molecular weight is 209 g/mol. The van der Waals surface area contributed by atoms with E-state index in [1.807, 2.05) is 0 Å². The van der Waals surface area contributed by atoms with E-state index in [1.54, 1.807) is 0 Å². The Morgan fingerprint density at radius 2 is 2.12 bits per heavy atom. The maximum atomic E-state index is 3.20. The normalized spacial score (nSPS) is 16.4. The summed E-state index contributed by atoms with van der Waals surface area (Å²) >= 11 is 0. The first-order chi connectivity index (χ1) is 7.62. The Hall–Kier alpha value is -1.68. The lowest BCUT2D eigenvalue weighted by Crippen LogP contribution is -2.10. The highest BCUT2D eigenvalue weighted by molar-refractivity contribution is 5.84. The second-order valence-corrected chi connectivity index (χ2v) is 4.99. The van der Waals surface area contributed by atoms with Gasteiger partial charge in [-0.2, -0.15) is 0 Å². The predicted molar refractivity (Wildman–Crippen MR) is 67.3 cm³/mol. The Balaban J connectivity index is 2.32. The van der Waals surface area contributed by atoms with Crippen LogP contribution in [0.1, 0.15) is 31.9 Å². The molecule has 0 saturated heterocycles. The van der Waals surface area contributed by atoms with Gasteiger partial charge in [-0.1, -0.05) is 26.0 Å². The number of aryl methyl sites for hydroxylation is 1. The molecular weight excluding hydrogens is 194 g/mol. The van der Waals surface area contributed by atoms with E-state index in [4.69, 9.17) is 0 Å². The van der Waals surface area contributed by atoms with Crippen molar-refractivity contribution >= 4 is 17.0 Å². The fourth-order valence-corrected chi connectivity index (χ4v) is 2.45. The van der Waals surface area contributed by atoms with Gasteiger partial charge in [0.25, 0.3) is 0 Å². The van der Waals surface area contributed by atoms with Gasteiger partial charge >= 0.3 is 0 Å². The van der Waals surface area contributed by atoms with Crippen LogP contribution < -0.4 is 0 Å². The Bertz CT molecular complexity index is 585. The van der Waals surface area contributed by atoms with Gasteiger partial charge in [-0.05, 0) is 36.2 Å². The van der Waals surface area contributed by atoms with Crippen molar-refractivity contribution < 1.29 is 0 Å². The summed E-state index contributed by atoms with van der Waals surface area (Å²) in [7, 11) is 0. The molecule has 0 bridgehead atoms. The first kappa shape index (κ1) is 9.54. The largest absolute Gasteiger partial charge is 0.300 e. The molecule has 0 N–H and O–H groups in total. The van der Waals surface area contributed by atoms with Crippen molar-refractivity contribution in [1.82, 2.24) is 4.57 Å². The first-order valence-corrected chi connectivity index (χ1v) is 5.79. The molecule has 0 spiro atoms. The van der Waals surface area contributed by atoms with Crippen LogP contribution in [0.3, 0.4) is 0 Å². The maximum Gasteiger partial charge on any atom is 0.0649 e. The summed E-state index contributed by atoms with van der Waals surface area (Å²) < 4.78 is 2.13. The molecule has 80 valence electrons. The summed E-state index contributed by atoms with van der Waals surface area (Å²) in [6.45, 7) is 7.61. The Labute approximate surface area is 96.4 Å². The van der Waals surface area contributed by atoms with Gasteiger partial charge in [0.2, 0.25) is 0 Å². The molecule has 1 aliphatic rings. The van der Waals surface area contributed by atoms with E-state index in [-0.39, 0.29) is 5.41 Å². The van der Waals surface area contributed by atoms with Crippen molar-refractivity contribution in [3.63, 3.8) is 0 Å². The molecule has 0 fully saturated rings. The SMILES string of the molecule is CCn1c#cc2cc3c(cc21)C(C)(C)C=C3. The summed E-state index contributed by atoms with van der Waals surface area (Å²) in [4.78, 5) is 0. The van der Waals surface area contributed by atoms with E-state index in [2.05, 4.69) is 61.9 Å². The quantitative estimate of drug-likeness (QED) is 0.676. The Morgan fingerprint density at radius 3 is 2.88 bits per heavy atom. The van der Waals surface area contributed by atoms with Crippen molar-refractivity contribution in [3.05, 3.63) is 41.6 Å². The van der Waals surface area contributed by atoms with E-state index in [0.29, 0.717) is 0 Å². The molecule has 1 nitrogen and oxygen atoms in total. The van der Waals surface area contributed by atoms with E-state index in [0.717, 1.165) is 6.54 Å². The van der Waals surface area contributed by atoms with Crippen LogP contribution in [0.25, 0.3) is 17.0 Å². The van der Waals surface area contributed by atoms with E-state index in [1.165, 1.54) is 22.0 Å². The van der Waals surface area contributed by atoms with Crippen LogP contribution in [0.2, 0.25) is 0 Å². The highest BCUT2D eigenvalue weighted by atomic mass is 14.9. The van der Waals surface area contributed by atoms with E-state index >= 15 is 0 Å². The highest BCUT2D eigenvalue weighted by Crippen LogP contribution is 2.37. The zero-order valence-corrected chi connectivity index (χ0v) is 9.96. The third-order valence-corrected chi connectivity index (χ3v) is 3.47. The second kappa shape index (κ2) is 2.92. The zero-order chi connectivity index (χ0) is 11.3. The second-order valence-electron chi connectivity index (χ2n) is 4.99. The molecule has 16 heavy (non-hydrogen) atoms. The van der Waals surface area contributed by atoms with Crippen molar-refractivity contribution in [2.24, 2.45) is 0 Å². The van der Waals surface area contributed by atoms with Crippen molar-refractivity contribution in [2.45, 2.75) is 32.7 Å². The van der Waals surface area contributed by atoms with Gasteiger partial charge in [-0.15, -0.1) is 0 Å². The summed E-state index contributed by atoms with van der Waals surface area (Å²) in [5.74, 6) is 0. The van der Waals surface area contributed by atoms with Gasteiger partial charge in [0, 0.05) is 18.2 Å². The number of nitrogens with zero attached hydrogens (tertiary/aromatic N) is 1. The molecule has 1 heteroatoms. The minimum Gasteiger partial charge on any atom is -0.300 e. The van der Waals surface area contributed by atoms with E-state index < -0.39 is 0 Å². The minimum absolute atomic E-state index is 0.159. The van der Waals surface area contributed by atoms with Gasteiger partial charge in [0.15, 0.2) is 0 Å². The van der Waals surface area contributed by atoms with Gasteiger partial charge in [-0.3, -0.25) is 0 Å². The van der Waals surface area contributed by atoms with Crippen LogP contribution in [0, 0.1) is 12.3 Å². The Kier molecular flexibility index (Phi) is 1.74. The molecular formula is C15H15N. The summed E-state index contributed by atoms with van der Waals surface area (Å²) in [5, 5.41) is 1.17. The number of rotatable bonds is 1. The molecule has 1 aromatic heterocycles. The van der Waals surface area contributed by atoms with Crippen LogP contribution in [0.15, 0.2) is 18.2 Å². The van der Waals surface area contributed by atoms with Gasteiger partial charge in [-0.25, -0.2) is 0 Å². The molecule has 1 heterocycles. The maximum absolute atomic E-state index is 3.20. The summed E-state index contributed by atoms with van der Waals surface area (Å²) in [5.41, 5.74) is 4.15. The lowest BCUT2D eigenvalue weighted by atomic mass is 9.87. The fourth-order valence-electron chi connectivity index (χ4n) is 2.45. The number of benzene rings is 1. The van der Waals surface area contributed by atoms with Gasteiger partial charge in [0.05, 0.1) is 10.9 Å². The van der Waals surface area contributed by atoms with Crippen molar-refractivity contribution in [1.29, 1.82) is 0 Å². The molecule has 0 saturated carbocycles. The zero-order valence-electron chi connectivity index (χ0n) is 9.96. The molecule has 0 unspecified atom stereocenters. The van der Waals surface area contributed by atoms with Gasteiger partial charge in [0.1, 0.15) is 0 Å².